The predicted octanol–water partition coefficient (Wildman–Crippen LogP) is 3.18. The lowest BCUT2D eigenvalue weighted by molar-refractivity contribution is 0.0827. The van der Waals surface area contributed by atoms with E-state index in [2.05, 4.69) is 41.3 Å². The Morgan fingerprint density at radius 3 is 2.18 bits per heavy atom. The number of rotatable bonds is 11. The normalized spacial score (nSPS) is 11.1. The van der Waals surface area contributed by atoms with Gasteiger partial charge in [0, 0.05) is 32.7 Å². The van der Waals surface area contributed by atoms with Crippen molar-refractivity contribution in [3.63, 3.8) is 0 Å². The lowest BCUT2D eigenvalue weighted by Gasteiger charge is -2.18. The van der Waals surface area contributed by atoms with Crippen LogP contribution in [0.3, 0.4) is 0 Å². The number of aliphatic imine (C=N–C) groups is 1. The van der Waals surface area contributed by atoms with Crippen LogP contribution in [0.5, 0.6) is 0 Å². The van der Waals surface area contributed by atoms with Crippen LogP contribution in [0.4, 0.5) is 0 Å². The molecule has 0 aliphatic heterocycles. The SMILES string of the molecule is CCNC(=NCc1ccc(C(=O)N(C)C)cc1)NCCCCN(CC)CC.I. The van der Waals surface area contributed by atoms with Gasteiger partial charge in [-0.3, -0.25) is 4.79 Å². The lowest BCUT2D eigenvalue weighted by atomic mass is 10.1. The molecule has 0 unspecified atom stereocenters. The van der Waals surface area contributed by atoms with Crippen molar-refractivity contribution in [3.05, 3.63) is 35.4 Å². The molecule has 0 radical (unpaired) electrons. The zero-order chi connectivity index (χ0) is 20.1. The van der Waals surface area contributed by atoms with Crippen molar-refractivity contribution in [2.45, 2.75) is 40.2 Å². The molecule has 0 fully saturated rings. The van der Waals surface area contributed by atoms with E-state index >= 15 is 0 Å². The summed E-state index contributed by atoms with van der Waals surface area (Å²) in [5, 5.41) is 6.69. The Labute approximate surface area is 188 Å². The summed E-state index contributed by atoms with van der Waals surface area (Å²) < 4.78 is 0. The predicted molar refractivity (Wildman–Crippen MR) is 130 cm³/mol. The van der Waals surface area contributed by atoms with Crippen LogP contribution in [-0.2, 0) is 6.54 Å². The molecule has 160 valence electrons. The van der Waals surface area contributed by atoms with Crippen molar-refractivity contribution in [1.82, 2.24) is 20.4 Å². The number of halogens is 1. The van der Waals surface area contributed by atoms with Gasteiger partial charge in [0.05, 0.1) is 6.54 Å². The molecular weight excluding hydrogens is 465 g/mol. The second kappa shape index (κ2) is 15.6. The van der Waals surface area contributed by atoms with Crippen LogP contribution in [0.2, 0.25) is 0 Å². The third kappa shape index (κ3) is 10.3. The molecule has 2 N–H and O–H groups in total. The van der Waals surface area contributed by atoms with E-state index in [1.54, 1.807) is 19.0 Å². The quantitative estimate of drug-likeness (QED) is 0.211. The molecule has 0 saturated heterocycles. The number of benzene rings is 1. The Morgan fingerprint density at radius 1 is 1.00 bits per heavy atom. The fourth-order valence-corrected chi connectivity index (χ4v) is 2.73. The molecule has 0 bridgehead atoms. The molecule has 0 saturated carbocycles. The van der Waals surface area contributed by atoms with Gasteiger partial charge >= 0.3 is 0 Å². The summed E-state index contributed by atoms with van der Waals surface area (Å²) in [6, 6.07) is 7.66. The first kappa shape index (κ1) is 26.6. The average molecular weight is 503 g/mol. The molecule has 0 heterocycles. The van der Waals surface area contributed by atoms with E-state index in [4.69, 9.17) is 0 Å². The maximum absolute atomic E-state index is 11.9. The fraction of sp³-hybridized carbons (Fsp3) is 0.619. The molecule has 6 nitrogen and oxygen atoms in total. The standard InChI is InChI=1S/C21H37N5O.HI/c1-6-22-21(23-15-9-10-16-26(7-2)8-3)24-17-18-11-13-19(14-12-18)20(27)25(4)5;/h11-14H,6-10,15-17H2,1-5H3,(H2,22,23,24);1H. The monoisotopic (exact) mass is 503 g/mol. The summed E-state index contributed by atoms with van der Waals surface area (Å²) in [6.07, 6.45) is 2.32. The summed E-state index contributed by atoms with van der Waals surface area (Å²) in [7, 11) is 3.52. The summed E-state index contributed by atoms with van der Waals surface area (Å²) >= 11 is 0. The smallest absolute Gasteiger partial charge is 0.253 e. The van der Waals surface area contributed by atoms with Gasteiger partial charge in [-0.2, -0.15) is 0 Å². The summed E-state index contributed by atoms with van der Waals surface area (Å²) in [5.41, 5.74) is 1.79. The molecule has 0 aliphatic carbocycles. The Hall–Kier alpha value is -1.35. The highest BCUT2D eigenvalue weighted by Crippen LogP contribution is 2.07. The number of unbranched alkanes of at least 4 members (excludes halogenated alkanes) is 1. The molecule has 1 aromatic rings. The van der Waals surface area contributed by atoms with E-state index in [9.17, 15) is 4.79 Å². The average Bonchev–Trinajstić information content (AvgIpc) is 2.68. The highest BCUT2D eigenvalue weighted by Gasteiger charge is 2.07. The van der Waals surface area contributed by atoms with Crippen molar-refractivity contribution in [2.24, 2.45) is 4.99 Å². The van der Waals surface area contributed by atoms with Gasteiger partial charge in [-0.05, 0) is 57.1 Å². The van der Waals surface area contributed by atoms with Crippen molar-refractivity contribution in [3.8, 4) is 0 Å². The van der Waals surface area contributed by atoms with E-state index in [1.165, 1.54) is 6.42 Å². The first-order valence-corrected chi connectivity index (χ1v) is 10.1. The van der Waals surface area contributed by atoms with Crippen molar-refractivity contribution in [2.75, 3.05) is 46.8 Å². The molecule has 7 heteroatoms. The maximum atomic E-state index is 11.9. The zero-order valence-electron chi connectivity index (χ0n) is 18.1. The molecule has 28 heavy (non-hydrogen) atoms. The second-order valence-corrected chi connectivity index (χ2v) is 6.75. The summed E-state index contributed by atoms with van der Waals surface area (Å²) in [6.45, 7) is 12.2. The van der Waals surface area contributed by atoms with Gasteiger partial charge in [-0.15, -0.1) is 24.0 Å². The third-order valence-corrected chi connectivity index (χ3v) is 4.46. The van der Waals surface area contributed by atoms with Crippen LogP contribution in [0, 0.1) is 0 Å². The van der Waals surface area contributed by atoms with Crippen LogP contribution >= 0.6 is 24.0 Å². The number of nitrogens with zero attached hydrogens (tertiary/aromatic N) is 3. The van der Waals surface area contributed by atoms with Gasteiger partial charge in [0.1, 0.15) is 0 Å². The van der Waals surface area contributed by atoms with Crippen molar-refractivity contribution < 1.29 is 4.79 Å². The number of hydrogen-bond acceptors (Lipinski definition) is 3. The van der Waals surface area contributed by atoms with Crippen molar-refractivity contribution in [1.29, 1.82) is 0 Å². The zero-order valence-corrected chi connectivity index (χ0v) is 20.5. The first-order chi connectivity index (χ1) is 13.0. The van der Waals surface area contributed by atoms with Gasteiger partial charge in [0.15, 0.2) is 5.96 Å². The van der Waals surface area contributed by atoms with Crippen LogP contribution in [0.15, 0.2) is 29.3 Å². The molecule has 0 spiro atoms. The maximum Gasteiger partial charge on any atom is 0.253 e. The van der Waals surface area contributed by atoms with Crippen molar-refractivity contribution >= 4 is 35.8 Å². The number of carbonyl (C=O) groups excluding carboxylic acids is 1. The molecule has 0 atom stereocenters. The Kier molecular flexibility index (Phi) is 14.8. The third-order valence-electron chi connectivity index (χ3n) is 4.46. The number of nitrogens with one attached hydrogen (secondary N) is 2. The largest absolute Gasteiger partial charge is 0.357 e. The molecule has 0 aliphatic rings. The van der Waals surface area contributed by atoms with Gasteiger partial charge in [0.2, 0.25) is 0 Å². The van der Waals surface area contributed by atoms with Gasteiger partial charge in [-0.25, -0.2) is 4.99 Å². The van der Waals surface area contributed by atoms with Gasteiger partial charge in [0.25, 0.3) is 5.91 Å². The molecule has 1 rings (SSSR count). The second-order valence-electron chi connectivity index (χ2n) is 6.75. The molecule has 0 aromatic heterocycles. The highest BCUT2D eigenvalue weighted by molar-refractivity contribution is 14.0. The Balaban J connectivity index is 0.00000729. The summed E-state index contributed by atoms with van der Waals surface area (Å²) in [4.78, 5) is 20.6. The highest BCUT2D eigenvalue weighted by atomic mass is 127. The Morgan fingerprint density at radius 2 is 1.64 bits per heavy atom. The number of amides is 1. The minimum Gasteiger partial charge on any atom is -0.357 e. The number of carbonyl (C=O) groups is 1. The minimum atomic E-state index is 0. The summed E-state index contributed by atoms with van der Waals surface area (Å²) in [5.74, 6) is 0.860. The van der Waals surface area contributed by atoms with Crippen LogP contribution < -0.4 is 10.6 Å². The van der Waals surface area contributed by atoms with Crippen LogP contribution in [0.1, 0.15) is 49.5 Å². The molecule has 1 amide bonds. The van der Waals surface area contributed by atoms with Gasteiger partial charge < -0.3 is 20.4 Å². The number of hydrogen-bond donors (Lipinski definition) is 2. The first-order valence-electron chi connectivity index (χ1n) is 10.1. The van der Waals surface area contributed by atoms with E-state index < -0.39 is 0 Å². The lowest BCUT2D eigenvalue weighted by Crippen LogP contribution is -2.38. The van der Waals surface area contributed by atoms with E-state index in [-0.39, 0.29) is 29.9 Å². The molecular formula is C21H38IN5O. The van der Waals surface area contributed by atoms with E-state index in [1.807, 2.05) is 24.3 Å². The fourth-order valence-electron chi connectivity index (χ4n) is 2.73. The van der Waals surface area contributed by atoms with Crippen LogP contribution in [-0.4, -0.2) is 68.5 Å². The van der Waals surface area contributed by atoms with Gasteiger partial charge in [-0.1, -0.05) is 26.0 Å². The van der Waals surface area contributed by atoms with Crippen LogP contribution in [0.25, 0.3) is 0 Å². The Bertz CT molecular complexity index is 571. The van der Waals surface area contributed by atoms with E-state index in [0.29, 0.717) is 12.1 Å². The minimum absolute atomic E-state index is 0. The topological polar surface area (TPSA) is 60.0 Å². The van der Waals surface area contributed by atoms with E-state index in [0.717, 1.165) is 50.7 Å². The number of guanidine groups is 1. The molecule has 1 aromatic carbocycles.